The molecule has 5 nitrogen and oxygen atoms in total. The van der Waals surface area contributed by atoms with Gasteiger partial charge in [-0.1, -0.05) is 26.0 Å². The molecule has 1 fully saturated rings. The largest absolute Gasteiger partial charge is 0.486 e. The molecule has 6 heteroatoms. The van der Waals surface area contributed by atoms with Crippen molar-refractivity contribution < 1.29 is 9.13 Å². The highest BCUT2D eigenvalue weighted by molar-refractivity contribution is 5.80. The zero-order valence-electron chi connectivity index (χ0n) is 16.5. The number of hydrogen-bond acceptors (Lipinski definition) is 3. The number of nitrogens with zero attached hydrogens (tertiary/aromatic N) is 3. The van der Waals surface area contributed by atoms with Gasteiger partial charge in [0.1, 0.15) is 6.10 Å². The molecule has 26 heavy (non-hydrogen) atoms. The summed E-state index contributed by atoms with van der Waals surface area (Å²) in [7, 11) is 1.81. The summed E-state index contributed by atoms with van der Waals surface area (Å²) in [4.78, 5) is 9.20. The average Bonchev–Trinajstić information content (AvgIpc) is 3.10. The predicted octanol–water partition coefficient (Wildman–Crippen LogP) is 2.83. The quantitative estimate of drug-likeness (QED) is 0.569. The van der Waals surface area contributed by atoms with Crippen molar-refractivity contribution in [2.24, 2.45) is 10.9 Å². The summed E-state index contributed by atoms with van der Waals surface area (Å²) >= 11 is 0. The van der Waals surface area contributed by atoms with Gasteiger partial charge in [0, 0.05) is 26.7 Å². The van der Waals surface area contributed by atoms with Crippen LogP contribution >= 0.6 is 0 Å². The molecule has 0 aliphatic carbocycles. The lowest BCUT2D eigenvalue weighted by Gasteiger charge is -2.25. The Morgan fingerprint density at radius 2 is 2.12 bits per heavy atom. The second-order valence-electron chi connectivity index (χ2n) is 6.87. The Kier molecular flexibility index (Phi) is 8.16. The molecule has 0 radical (unpaired) electrons. The summed E-state index contributed by atoms with van der Waals surface area (Å²) < 4.78 is 19.4. The number of guanidine groups is 1. The number of benzene rings is 1. The molecule has 1 aromatic rings. The van der Waals surface area contributed by atoms with Crippen LogP contribution in [0.25, 0.3) is 0 Å². The van der Waals surface area contributed by atoms with Gasteiger partial charge >= 0.3 is 0 Å². The van der Waals surface area contributed by atoms with E-state index in [-0.39, 0.29) is 17.7 Å². The minimum Gasteiger partial charge on any atom is -0.486 e. The maximum atomic E-state index is 13.7. The second-order valence-corrected chi connectivity index (χ2v) is 6.87. The van der Waals surface area contributed by atoms with Crippen LogP contribution in [0, 0.1) is 11.7 Å². The van der Waals surface area contributed by atoms with E-state index in [1.165, 1.54) is 12.5 Å². The first-order chi connectivity index (χ1) is 12.6. The summed E-state index contributed by atoms with van der Waals surface area (Å²) in [5.74, 6) is 1.54. The van der Waals surface area contributed by atoms with Gasteiger partial charge in [-0.25, -0.2) is 4.39 Å². The molecule has 146 valence electrons. The Hall–Kier alpha value is -1.82. The van der Waals surface area contributed by atoms with E-state index >= 15 is 0 Å². The molecule has 1 aromatic carbocycles. The topological polar surface area (TPSA) is 40.1 Å². The molecule has 0 saturated carbocycles. The van der Waals surface area contributed by atoms with E-state index in [0.717, 1.165) is 38.7 Å². The normalized spacial score (nSPS) is 19.1. The Morgan fingerprint density at radius 3 is 2.77 bits per heavy atom. The van der Waals surface area contributed by atoms with Crippen molar-refractivity contribution in [2.45, 2.75) is 33.3 Å². The standard InChI is InChI=1S/C20H33FN4O/c1-5-24(6-2)14-17-11-12-25(15-17)20(22-4)23-13-16(3)26-19-10-8-7-9-18(19)21/h7-10,16-17H,5-6,11-15H2,1-4H3,(H,22,23). The first-order valence-electron chi connectivity index (χ1n) is 9.66. The molecular weight excluding hydrogens is 331 g/mol. The highest BCUT2D eigenvalue weighted by Gasteiger charge is 2.26. The van der Waals surface area contributed by atoms with Crippen LogP contribution in [-0.4, -0.2) is 68.2 Å². The zero-order chi connectivity index (χ0) is 18.9. The van der Waals surface area contributed by atoms with Crippen molar-refractivity contribution in [3.63, 3.8) is 0 Å². The fraction of sp³-hybridized carbons (Fsp3) is 0.650. The molecule has 1 aliphatic heterocycles. The fourth-order valence-corrected chi connectivity index (χ4v) is 3.39. The van der Waals surface area contributed by atoms with Crippen LogP contribution < -0.4 is 10.1 Å². The van der Waals surface area contributed by atoms with Crippen molar-refractivity contribution >= 4 is 5.96 Å². The molecule has 0 spiro atoms. The molecule has 1 saturated heterocycles. The second kappa shape index (κ2) is 10.4. The summed E-state index contributed by atoms with van der Waals surface area (Å²) in [5, 5.41) is 3.37. The smallest absolute Gasteiger partial charge is 0.193 e. The summed E-state index contributed by atoms with van der Waals surface area (Å²) in [6.07, 6.45) is 1.04. The van der Waals surface area contributed by atoms with E-state index in [4.69, 9.17) is 4.74 Å². The van der Waals surface area contributed by atoms with E-state index in [1.54, 1.807) is 18.2 Å². The Morgan fingerprint density at radius 1 is 1.38 bits per heavy atom. The first kappa shape index (κ1) is 20.5. The van der Waals surface area contributed by atoms with Gasteiger partial charge in [0.05, 0.1) is 6.54 Å². The fourth-order valence-electron chi connectivity index (χ4n) is 3.39. The lowest BCUT2D eigenvalue weighted by atomic mass is 10.1. The average molecular weight is 365 g/mol. The monoisotopic (exact) mass is 364 g/mol. The highest BCUT2D eigenvalue weighted by Crippen LogP contribution is 2.18. The Labute approximate surface area is 157 Å². The Bertz CT molecular complexity index is 577. The zero-order valence-corrected chi connectivity index (χ0v) is 16.5. The molecule has 1 aliphatic rings. The SMILES string of the molecule is CCN(CC)CC1CCN(C(=NC)NCC(C)Oc2ccccc2F)C1. The minimum atomic E-state index is -0.331. The molecule has 0 amide bonds. The third-order valence-electron chi connectivity index (χ3n) is 4.92. The number of likely N-dealkylation sites (tertiary alicyclic amines) is 1. The maximum Gasteiger partial charge on any atom is 0.193 e. The van der Waals surface area contributed by atoms with Gasteiger partial charge in [-0.2, -0.15) is 0 Å². The maximum absolute atomic E-state index is 13.7. The van der Waals surface area contributed by atoms with E-state index in [9.17, 15) is 4.39 Å². The van der Waals surface area contributed by atoms with Gasteiger partial charge in [-0.3, -0.25) is 4.99 Å². The minimum absolute atomic E-state index is 0.155. The summed E-state index contributed by atoms with van der Waals surface area (Å²) in [5.41, 5.74) is 0. The molecule has 1 heterocycles. The molecule has 0 bridgehead atoms. The van der Waals surface area contributed by atoms with Crippen molar-refractivity contribution in [2.75, 3.05) is 46.3 Å². The Balaban J connectivity index is 1.80. The first-order valence-corrected chi connectivity index (χ1v) is 9.66. The molecule has 2 atom stereocenters. The van der Waals surface area contributed by atoms with Gasteiger partial charge in [-0.05, 0) is 44.5 Å². The van der Waals surface area contributed by atoms with E-state index in [1.807, 2.05) is 14.0 Å². The van der Waals surface area contributed by atoms with Crippen molar-refractivity contribution in [3.05, 3.63) is 30.1 Å². The summed E-state index contributed by atoms with van der Waals surface area (Å²) in [6.45, 7) is 12.3. The van der Waals surface area contributed by atoms with Gasteiger partial charge in [0.2, 0.25) is 0 Å². The van der Waals surface area contributed by atoms with Crippen LogP contribution in [0.15, 0.2) is 29.3 Å². The molecular formula is C20H33FN4O. The van der Waals surface area contributed by atoms with Crippen LogP contribution in [0.3, 0.4) is 0 Å². The van der Waals surface area contributed by atoms with Gasteiger partial charge < -0.3 is 19.9 Å². The number of ether oxygens (including phenoxy) is 1. The number of halogens is 1. The van der Waals surface area contributed by atoms with Crippen LogP contribution in [0.1, 0.15) is 27.2 Å². The van der Waals surface area contributed by atoms with E-state index < -0.39 is 0 Å². The predicted molar refractivity (Wildman–Crippen MR) is 105 cm³/mol. The number of rotatable bonds is 8. The van der Waals surface area contributed by atoms with Crippen LogP contribution in [0.5, 0.6) is 5.75 Å². The van der Waals surface area contributed by atoms with Crippen LogP contribution in [0.4, 0.5) is 4.39 Å². The highest BCUT2D eigenvalue weighted by atomic mass is 19.1. The summed E-state index contributed by atoms with van der Waals surface area (Å²) in [6, 6.07) is 6.50. The molecule has 0 aromatic heterocycles. The van der Waals surface area contributed by atoms with Gasteiger partial charge in [0.25, 0.3) is 0 Å². The van der Waals surface area contributed by atoms with Gasteiger partial charge in [0.15, 0.2) is 17.5 Å². The number of aliphatic imine (C=N–C) groups is 1. The van der Waals surface area contributed by atoms with E-state index in [2.05, 4.69) is 34.0 Å². The number of para-hydroxylation sites is 1. The molecule has 1 N–H and O–H groups in total. The third-order valence-corrected chi connectivity index (χ3v) is 4.92. The van der Waals surface area contributed by atoms with Crippen LogP contribution in [-0.2, 0) is 0 Å². The van der Waals surface area contributed by atoms with Gasteiger partial charge in [-0.15, -0.1) is 0 Å². The number of nitrogens with one attached hydrogen (secondary N) is 1. The van der Waals surface area contributed by atoms with Crippen molar-refractivity contribution in [1.82, 2.24) is 15.1 Å². The van der Waals surface area contributed by atoms with Crippen molar-refractivity contribution in [3.8, 4) is 5.75 Å². The van der Waals surface area contributed by atoms with E-state index in [0.29, 0.717) is 12.5 Å². The molecule has 2 unspecified atom stereocenters. The molecule has 2 rings (SSSR count). The third kappa shape index (κ3) is 5.87. The van der Waals surface area contributed by atoms with Crippen molar-refractivity contribution in [1.29, 1.82) is 0 Å². The number of hydrogen-bond donors (Lipinski definition) is 1. The lowest BCUT2D eigenvalue weighted by molar-refractivity contribution is 0.212. The lowest BCUT2D eigenvalue weighted by Crippen LogP contribution is -2.44. The van der Waals surface area contributed by atoms with Crippen LogP contribution in [0.2, 0.25) is 0 Å².